The number of aromatic nitrogens is 5. The van der Waals surface area contributed by atoms with E-state index in [0.29, 0.717) is 0 Å². The average molecular weight is 366 g/mol. The number of fused-ring (bicyclic) bond motifs is 2. The minimum atomic E-state index is 0.800. The molecule has 2 aromatic heterocycles. The highest BCUT2D eigenvalue weighted by atomic mass is 32.2. The summed E-state index contributed by atoms with van der Waals surface area (Å²) >= 11 is 1.52. The van der Waals surface area contributed by atoms with Crippen molar-refractivity contribution in [1.29, 1.82) is 0 Å². The van der Waals surface area contributed by atoms with Crippen molar-refractivity contribution < 1.29 is 0 Å². The number of hydrogen-bond donors (Lipinski definition) is 1. The molecule has 1 saturated heterocycles. The van der Waals surface area contributed by atoms with Gasteiger partial charge in [0.2, 0.25) is 5.16 Å². The molecule has 0 aliphatic carbocycles. The van der Waals surface area contributed by atoms with E-state index in [4.69, 9.17) is 0 Å². The normalized spacial score (nSPS) is 16.0. The molecular weight excluding hydrogens is 348 g/mol. The largest absolute Gasteiger partial charge is 0.368 e. The van der Waals surface area contributed by atoms with Gasteiger partial charge in [-0.3, -0.25) is 5.43 Å². The highest BCUT2D eigenvalue weighted by Gasteiger charge is 2.27. The lowest BCUT2D eigenvalue weighted by Crippen LogP contribution is -2.47. The summed E-state index contributed by atoms with van der Waals surface area (Å²) in [6.45, 7) is 5.69. The molecule has 0 unspecified atom stereocenters. The zero-order valence-electron chi connectivity index (χ0n) is 14.3. The summed E-state index contributed by atoms with van der Waals surface area (Å²) in [5, 5.41) is 9.99. The fraction of sp³-hybridized carbons (Fsp3) is 0.294. The molecule has 0 spiro atoms. The first-order valence-electron chi connectivity index (χ1n) is 8.56. The molecule has 3 aromatic rings. The second kappa shape index (κ2) is 6.17. The monoisotopic (exact) mass is 366 g/mol. The summed E-state index contributed by atoms with van der Waals surface area (Å²) in [6.07, 6.45) is 1.63. The van der Waals surface area contributed by atoms with Gasteiger partial charge in [-0.1, -0.05) is 18.2 Å². The molecule has 0 saturated carbocycles. The molecule has 1 N–H and O–H groups in total. The van der Waals surface area contributed by atoms with Gasteiger partial charge in [0.05, 0.1) is 0 Å². The third-order valence-electron chi connectivity index (χ3n) is 4.70. The Hall–Kier alpha value is -2.81. The lowest BCUT2D eigenvalue weighted by atomic mass is 10.2. The third-order valence-corrected chi connectivity index (χ3v) is 5.65. The molecule has 1 aromatic carbocycles. The number of aryl methyl sites for hydroxylation is 1. The van der Waals surface area contributed by atoms with Crippen LogP contribution < -0.4 is 15.2 Å². The molecule has 1 fully saturated rings. The molecule has 0 bridgehead atoms. The van der Waals surface area contributed by atoms with E-state index in [1.807, 2.05) is 11.6 Å². The number of benzene rings is 1. The van der Waals surface area contributed by atoms with E-state index in [1.165, 1.54) is 17.4 Å². The standard InChI is InChI=1S/C17H18N8S/c1-12-20-21-17-25(12)22-14-15(18-11-19-16(14)26-17)24-9-7-23(8-10-24)13-5-3-2-4-6-13/h2-6,11,22H,7-10H2,1H3. The van der Waals surface area contributed by atoms with Crippen molar-refractivity contribution in [2.24, 2.45) is 0 Å². The van der Waals surface area contributed by atoms with E-state index in [2.05, 4.69) is 65.7 Å². The van der Waals surface area contributed by atoms with E-state index in [1.54, 1.807) is 6.33 Å². The first-order chi connectivity index (χ1) is 12.8. The number of hydrogen-bond acceptors (Lipinski definition) is 8. The van der Waals surface area contributed by atoms with Gasteiger partial charge in [-0.2, -0.15) is 0 Å². The van der Waals surface area contributed by atoms with Crippen molar-refractivity contribution in [2.75, 3.05) is 41.4 Å². The number of nitrogens with zero attached hydrogens (tertiary/aromatic N) is 7. The zero-order valence-corrected chi connectivity index (χ0v) is 15.1. The van der Waals surface area contributed by atoms with Gasteiger partial charge < -0.3 is 9.80 Å². The van der Waals surface area contributed by atoms with Crippen LogP contribution in [0.4, 0.5) is 17.2 Å². The lowest BCUT2D eigenvalue weighted by Gasteiger charge is -2.37. The minimum Gasteiger partial charge on any atom is -0.368 e. The van der Waals surface area contributed by atoms with Gasteiger partial charge in [-0.25, -0.2) is 14.6 Å². The van der Waals surface area contributed by atoms with Crippen LogP contribution in [0.25, 0.3) is 0 Å². The van der Waals surface area contributed by atoms with Crippen LogP contribution in [0.3, 0.4) is 0 Å². The van der Waals surface area contributed by atoms with E-state index < -0.39 is 0 Å². The minimum absolute atomic E-state index is 0.800. The van der Waals surface area contributed by atoms with Crippen LogP contribution >= 0.6 is 11.8 Å². The van der Waals surface area contributed by atoms with Crippen LogP contribution in [0, 0.1) is 6.92 Å². The van der Waals surface area contributed by atoms with Crippen LogP contribution in [-0.2, 0) is 0 Å². The highest BCUT2D eigenvalue weighted by molar-refractivity contribution is 7.99. The fourth-order valence-corrected chi connectivity index (χ4v) is 4.19. The summed E-state index contributed by atoms with van der Waals surface area (Å²) in [5.74, 6) is 1.76. The van der Waals surface area contributed by atoms with Gasteiger partial charge in [0, 0.05) is 31.9 Å². The maximum atomic E-state index is 4.57. The van der Waals surface area contributed by atoms with E-state index in [9.17, 15) is 0 Å². The van der Waals surface area contributed by atoms with Crippen molar-refractivity contribution in [3.05, 3.63) is 42.5 Å². The molecule has 8 nitrogen and oxygen atoms in total. The summed E-state index contributed by atoms with van der Waals surface area (Å²) < 4.78 is 1.89. The van der Waals surface area contributed by atoms with Crippen LogP contribution in [0.15, 0.2) is 46.8 Å². The molecule has 5 rings (SSSR count). The average Bonchev–Trinajstić information content (AvgIpc) is 3.07. The van der Waals surface area contributed by atoms with E-state index in [0.717, 1.165) is 53.7 Å². The Balaban J connectivity index is 1.39. The molecule has 4 heterocycles. The summed E-state index contributed by atoms with van der Waals surface area (Å²) in [6, 6.07) is 10.6. The number of piperazine rings is 1. The molecule has 0 radical (unpaired) electrons. The number of rotatable bonds is 2. The van der Waals surface area contributed by atoms with Gasteiger partial charge in [-0.15, -0.1) is 10.2 Å². The van der Waals surface area contributed by atoms with Gasteiger partial charge >= 0.3 is 0 Å². The first kappa shape index (κ1) is 15.4. The van der Waals surface area contributed by atoms with Crippen LogP contribution in [0.5, 0.6) is 0 Å². The molecule has 2 aliphatic rings. The molecule has 132 valence electrons. The van der Waals surface area contributed by atoms with Crippen molar-refractivity contribution in [2.45, 2.75) is 17.1 Å². The summed E-state index contributed by atoms with van der Waals surface area (Å²) in [5.41, 5.74) is 5.59. The van der Waals surface area contributed by atoms with Gasteiger partial charge in [0.1, 0.15) is 22.9 Å². The number of anilines is 3. The molecule has 0 atom stereocenters. The van der Waals surface area contributed by atoms with Crippen LogP contribution in [0.2, 0.25) is 0 Å². The molecule has 26 heavy (non-hydrogen) atoms. The van der Waals surface area contributed by atoms with Crippen molar-refractivity contribution in [3.63, 3.8) is 0 Å². The van der Waals surface area contributed by atoms with E-state index >= 15 is 0 Å². The highest BCUT2D eigenvalue weighted by Crippen LogP contribution is 2.40. The Labute approximate surface area is 155 Å². The summed E-state index contributed by atoms with van der Waals surface area (Å²) in [7, 11) is 0. The zero-order chi connectivity index (χ0) is 17.5. The lowest BCUT2D eigenvalue weighted by molar-refractivity contribution is 0.644. The van der Waals surface area contributed by atoms with E-state index in [-0.39, 0.29) is 0 Å². The van der Waals surface area contributed by atoms with Gasteiger partial charge in [0.15, 0.2) is 5.82 Å². The SMILES string of the molecule is Cc1nnc2n1Nc1c(ncnc1N1CCN(c3ccccc3)CC1)S2. The number of nitrogens with one attached hydrogen (secondary N) is 1. The predicted molar refractivity (Wildman–Crippen MR) is 101 cm³/mol. The molecule has 9 heteroatoms. The second-order valence-corrected chi connectivity index (χ2v) is 7.22. The van der Waals surface area contributed by atoms with Crippen LogP contribution in [-0.4, -0.2) is 51.0 Å². The smallest absolute Gasteiger partial charge is 0.216 e. The Bertz CT molecular complexity index is 933. The Morgan fingerprint density at radius 3 is 2.54 bits per heavy atom. The van der Waals surface area contributed by atoms with Gasteiger partial charge in [-0.05, 0) is 30.8 Å². The maximum Gasteiger partial charge on any atom is 0.216 e. The maximum absolute atomic E-state index is 4.57. The third kappa shape index (κ3) is 2.55. The number of para-hydroxylation sites is 1. The predicted octanol–water partition coefficient (Wildman–Crippen LogP) is 2.04. The van der Waals surface area contributed by atoms with Gasteiger partial charge in [0.25, 0.3) is 0 Å². The first-order valence-corrected chi connectivity index (χ1v) is 9.38. The summed E-state index contributed by atoms with van der Waals surface area (Å²) in [4.78, 5) is 13.7. The van der Waals surface area contributed by atoms with Crippen molar-refractivity contribution in [3.8, 4) is 0 Å². The molecule has 2 aliphatic heterocycles. The van der Waals surface area contributed by atoms with Crippen molar-refractivity contribution >= 4 is 29.0 Å². The Morgan fingerprint density at radius 2 is 1.73 bits per heavy atom. The fourth-order valence-electron chi connectivity index (χ4n) is 3.33. The van der Waals surface area contributed by atoms with Crippen molar-refractivity contribution in [1.82, 2.24) is 24.8 Å². The Morgan fingerprint density at radius 1 is 0.962 bits per heavy atom. The Kier molecular flexibility index (Phi) is 3.66. The second-order valence-electron chi connectivity index (χ2n) is 6.27. The van der Waals surface area contributed by atoms with Crippen LogP contribution in [0.1, 0.15) is 5.82 Å². The molecular formula is C17H18N8S. The quantitative estimate of drug-likeness (QED) is 0.540. The topological polar surface area (TPSA) is 75.0 Å². The molecule has 0 amide bonds.